The van der Waals surface area contributed by atoms with Crippen LogP contribution in [0.4, 0.5) is 0 Å². The van der Waals surface area contributed by atoms with E-state index in [0.717, 1.165) is 44.8 Å². The Hall–Kier alpha value is -9.24. The van der Waals surface area contributed by atoms with Crippen LogP contribution in [0.2, 0.25) is 0 Å². The molecule has 1 aliphatic carbocycles. The van der Waals surface area contributed by atoms with E-state index in [4.69, 9.17) is 9.97 Å². The van der Waals surface area contributed by atoms with E-state index >= 15 is 0 Å². The lowest BCUT2D eigenvalue weighted by molar-refractivity contribution is 0.769. The fourth-order valence-corrected chi connectivity index (χ4v) is 11.1. The SMILES string of the molecule is c1ccc(-c2ccc(-c3cc(-c4cccc(-c5cccc(-c6cc7c(cc6-c6cccc8ccccc68)-c6ccccc6C7(c6ccccc6)c6ccccc6)c5)c4)nc(-c4ccccc4)n3)cc2)cc1. The van der Waals surface area contributed by atoms with Crippen molar-refractivity contribution in [3.8, 4) is 89.5 Å². The van der Waals surface area contributed by atoms with Crippen molar-refractivity contribution in [3.63, 3.8) is 0 Å². The molecule has 1 aromatic heterocycles. The summed E-state index contributed by atoms with van der Waals surface area (Å²) in [5.41, 5.74) is 21.2. The molecule has 332 valence electrons. The minimum atomic E-state index is -0.536. The van der Waals surface area contributed by atoms with Crippen molar-refractivity contribution in [2.24, 2.45) is 0 Å². The molecular weight excluding hydrogens is 857 g/mol. The van der Waals surface area contributed by atoms with Gasteiger partial charge in [0, 0.05) is 16.7 Å². The molecule has 71 heavy (non-hydrogen) atoms. The lowest BCUT2D eigenvalue weighted by atomic mass is 9.67. The second kappa shape index (κ2) is 17.7. The standard InChI is InChI=1S/C69H46N2/c1-5-20-47(21-6-1)48-38-40-50(41-39-48)66-46-67(71-68(70-66)51-23-7-2-8-24-51)55-29-18-27-53(43-55)52-26-17-28-54(42-52)61-45-65-63(44-62(61)59-36-19-25-49-22-13-14-34-58(49)59)60-35-15-16-37-64(60)69(65,56-30-9-3-10-31-56)57-32-11-4-12-33-57/h1-46H. The lowest BCUT2D eigenvalue weighted by Crippen LogP contribution is -2.28. The van der Waals surface area contributed by atoms with Crippen LogP contribution in [0.1, 0.15) is 22.3 Å². The molecular formula is C69H46N2. The van der Waals surface area contributed by atoms with Crippen molar-refractivity contribution in [1.29, 1.82) is 0 Å². The minimum Gasteiger partial charge on any atom is -0.228 e. The van der Waals surface area contributed by atoms with Gasteiger partial charge in [-0.15, -0.1) is 0 Å². The van der Waals surface area contributed by atoms with Crippen LogP contribution >= 0.6 is 0 Å². The fourth-order valence-electron chi connectivity index (χ4n) is 11.1. The number of hydrogen-bond acceptors (Lipinski definition) is 2. The Balaban J connectivity index is 0.979. The fraction of sp³-hybridized carbons (Fsp3) is 0.0145. The molecule has 0 aliphatic heterocycles. The molecule has 1 aliphatic rings. The summed E-state index contributed by atoms with van der Waals surface area (Å²) in [5.74, 6) is 0.694. The first kappa shape index (κ1) is 41.9. The van der Waals surface area contributed by atoms with Crippen LogP contribution in [0.3, 0.4) is 0 Å². The maximum absolute atomic E-state index is 5.24. The maximum atomic E-state index is 5.24. The summed E-state index contributed by atoms with van der Waals surface area (Å²) in [6, 6.07) is 101. The minimum absolute atomic E-state index is 0.536. The molecule has 2 heteroatoms. The largest absolute Gasteiger partial charge is 0.228 e. The van der Waals surface area contributed by atoms with E-state index in [0.29, 0.717) is 5.82 Å². The van der Waals surface area contributed by atoms with Gasteiger partial charge in [-0.3, -0.25) is 0 Å². The Kier molecular flexibility index (Phi) is 10.4. The van der Waals surface area contributed by atoms with Gasteiger partial charge in [0.2, 0.25) is 0 Å². The molecule has 0 N–H and O–H groups in total. The van der Waals surface area contributed by atoms with Crippen molar-refractivity contribution in [1.82, 2.24) is 9.97 Å². The van der Waals surface area contributed by atoms with E-state index in [1.165, 1.54) is 72.0 Å². The molecule has 0 saturated carbocycles. The number of fused-ring (bicyclic) bond motifs is 4. The molecule has 0 atom stereocenters. The summed E-state index contributed by atoms with van der Waals surface area (Å²) in [7, 11) is 0. The summed E-state index contributed by atoms with van der Waals surface area (Å²) in [6.45, 7) is 0. The Bertz CT molecular complexity index is 3860. The van der Waals surface area contributed by atoms with Gasteiger partial charge in [0.15, 0.2) is 5.82 Å². The molecule has 0 unspecified atom stereocenters. The van der Waals surface area contributed by atoms with Gasteiger partial charge < -0.3 is 0 Å². The van der Waals surface area contributed by atoms with E-state index in [2.05, 4.69) is 261 Å². The average Bonchev–Trinajstić information content (AvgIpc) is 3.75. The van der Waals surface area contributed by atoms with E-state index < -0.39 is 5.41 Å². The van der Waals surface area contributed by atoms with Crippen LogP contribution < -0.4 is 0 Å². The summed E-state index contributed by atoms with van der Waals surface area (Å²) < 4.78 is 0. The molecule has 2 nitrogen and oxygen atoms in total. The predicted molar refractivity (Wildman–Crippen MR) is 295 cm³/mol. The maximum Gasteiger partial charge on any atom is 0.160 e. The molecule has 0 spiro atoms. The first-order valence-electron chi connectivity index (χ1n) is 24.4. The number of hydrogen-bond donors (Lipinski definition) is 0. The molecule has 12 aromatic rings. The quantitative estimate of drug-likeness (QED) is 0.144. The molecule has 11 aromatic carbocycles. The highest BCUT2D eigenvalue weighted by molar-refractivity contribution is 6.03. The molecule has 0 amide bonds. The third kappa shape index (κ3) is 7.37. The lowest BCUT2D eigenvalue weighted by Gasteiger charge is -2.34. The van der Waals surface area contributed by atoms with Crippen molar-refractivity contribution >= 4 is 10.8 Å². The summed E-state index contributed by atoms with van der Waals surface area (Å²) >= 11 is 0. The highest BCUT2D eigenvalue weighted by Gasteiger charge is 2.46. The summed E-state index contributed by atoms with van der Waals surface area (Å²) in [4.78, 5) is 10.4. The number of rotatable bonds is 9. The van der Waals surface area contributed by atoms with E-state index in [-0.39, 0.29) is 0 Å². The van der Waals surface area contributed by atoms with Crippen LogP contribution in [0, 0.1) is 0 Å². The van der Waals surface area contributed by atoms with Gasteiger partial charge in [-0.05, 0) is 119 Å². The van der Waals surface area contributed by atoms with Crippen LogP contribution in [0.15, 0.2) is 279 Å². The normalized spacial score (nSPS) is 12.3. The molecule has 0 fully saturated rings. The summed E-state index contributed by atoms with van der Waals surface area (Å²) in [5, 5.41) is 2.45. The van der Waals surface area contributed by atoms with Crippen molar-refractivity contribution in [2.45, 2.75) is 5.41 Å². The van der Waals surface area contributed by atoms with Crippen molar-refractivity contribution in [2.75, 3.05) is 0 Å². The number of aromatic nitrogens is 2. The predicted octanol–water partition coefficient (Wildman–Crippen LogP) is 17.7. The zero-order chi connectivity index (χ0) is 47.1. The molecule has 13 rings (SSSR count). The highest BCUT2D eigenvalue weighted by atomic mass is 14.9. The Labute approximate surface area is 414 Å². The van der Waals surface area contributed by atoms with Crippen LogP contribution in [-0.2, 0) is 5.41 Å². The van der Waals surface area contributed by atoms with Gasteiger partial charge in [0.05, 0.1) is 16.8 Å². The van der Waals surface area contributed by atoms with Crippen LogP contribution in [-0.4, -0.2) is 9.97 Å². The van der Waals surface area contributed by atoms with Crippen molar-refractivity contribution < 1.29 is 0 Å². The Morgan fingerprint density at radius 1 is 0.239 bits per heavy atom. The van der Waals surface area contributed by atoms with Gasteiger partial charge >= 0.3 is 0 Å². The van der Waals surface area contributed by atoms with E-state index in [1.54, 1.807) is 0 Å². The zero-order valence-electron chi connectivity index (χ0n) is 39.0. The highest BCUT2D eigenvalue weighted by Crippen LogP contribution is 2.58. The second-order valence-electron chi connectivity index (χ2n) is 18.4. The number of benzene rings is 11. The number of nitrogens with zero attached hydrogens (tertiary/aromatic N) is 2. The monoisotopic (exact) mass is 902 g/mol. The first-order valence-corrected chi connectivity index (χ1v) is 24.4. The third-order valence-electron chi connectivity index (χ3n) is 14.4. The topological polar surface area (TPSA) is 25.8 Å². The summed E-state index contributed by atoms with van der Waals surface area (Å²) in [6.07, 6.45) is 0. The second-order valence-corrected chi connectivity index (χ2v) is 18.4. The average molecular weight is 903 g/mol. The molecule has 0 saturated heterocycles. The van der Waals surface area contributed by atoms with E-state index in [1.807, 2.05) is 18.2 Å². The van der Waals surface area contributed by atoms with Gasteiger partial charge in [-0.1, -0.05) is 249 Å². The molecule has 0 radical (unpaired) electrons. The van der Waals surface area contributed by atoms with E-state index in [9.17, 15) is 0 Å². The van der Waals surface area contributed by atoms with Gasteiger partial charge in [0.1, 0.15) is 0 Å². The zero-order valence-corrected chi connectivity index (χ0v) is 39.0. The van der Waals surface area contributed by atoms with Crippen LogP contribution in [0.25, 0.3) is 100 Å². The van der Waals surface area contributed by atoms with Gasteiger partial charge in [-0.2, -0.15) is 0 Å². The molecule has 1 heterocycles. The van der Waals surface area contributed by atoms with Gasteiger partial charge in [0.25, 0.3) is 0 Å². The Morgan fingerprint density at radius 2 is 0.718 bits per heavy atom. The first-order chi connectivity index (χ1) is 35.2. The van der Waals surface area contributed by atoms with Crippen LogP contribution in [0.5, 0.6) is 0 Å². The van der Waals surface area contributed by atoms with Gasteiger partial charge in [-0.25, -0.2) is 9.97 Å². The molecule has 0 bridgehead atoms. The van der Waals surface area contributed by atoms with Crippen molar-refractivity contribution in [3.05, 3.63) is 301 Å². The third-order valence-corrected chi connectivity index (χ3v) is 14.4. The smallest absolute Gasteiger partial charge is 0.160 e. The Morgan fingerprint density at radius 3 is 1.42 bits per heavy atom.